The minimum Gasteiger partial charge on any atom is -0.493 e. The van der Waals surface area contributed by atoms with Gasteiger partial charge in [0.2, 0.25) is 0 Å². The summed E-state index contributed by atoms with van der Waals surface area (Å²) in [6.07, 6.45) is 3.84. The molecule has 1 rings (SSSR count). The maximum atomic E-state index is 5.66. The molecular formula is C12H18N2O. The van der Waals surface area contributed by atoms with Gasteiger partial charge in [-0.2, -0.15) is 5.10 Å². The quantitative estimate of drug-likeness (QED) is 0.348. The van der Waals surface area contributed by atoms with Gasteiger partial charge in [0.1, 0.15) is 5.75 Å². The second-order valence-electron chi connectivity index (χ2n) is 3.51. The monoisotopic (exact) mass is 206 g/mol. The van der Waals surface area contributed by atoms with Crippen molar-refractivity contribution in [1.29, 1.82) is 0 Å². The van der Waals surface area contributed by atoms with E-state index in [-0.39, 0.29) is 0 Å². The predicted molar refractivity (Wildman–Crippen MR) is 63.4 cm³/mol. The van der Waals surface area contributed by atoms with Gasteiger partial charge in [-0.25, -0.2) is 0 Å². The Hall–Kier alpha value is -1.51. The molecule has 15 heavy (non-hydrogen) atoms. The van der Waals surface area contributed by atoms with E-state index in [1.54, 1.807) is 6.21 Å². The van der Waals surface area contributed by atoms with E-state index in [1.165, 1.54) is 0 Å². The SMILES string of the molecule is CCCCOc1cc(C=NN)ccc1C. The molecule has 0 spiro atoms. The van der Waals surface area contributed by atoms with Crippen LogP contribution in [0.1, 0.15) is 30.9 Å². The number of nitrogens with zero attached hydrogens (tertiary/aromatic N) is 1. The minimum absolute atomic E-state index is 0.764. The van der Waals surface area contributed by atoms with E-state index in [4.69, 9.17) is 10.6 Å². The first-order valence-electron chi connectivity index (χ1n) is 5.24. The molecule has 82 valence electrons. The van der Waals surface area contributed by atoms with Crippen LogP contribution >= 0.6 is 0 Å². The van der Waals surface area contributed by atoms with E-state index >= 15 is 0 Å². The number of hydrogen-bond donors (Lipinski definition) is 1. The molecule has 1 aromatic carbocycles. The van der Waals surface area contributed by atoms with Crippen LogP contribution in [-0.2, 0) is 0 Å². The molecule has 0 saturated heterocycles. The average Bonchev–Trinajstić information content (AvgIpc) is 2.23. The Balaban J connectivity index is 2.71. The summed E-state index contributed by atoms with van der Waals surface area (Å²) in [5, 5.41) is 3.49. The first kappa shape index (κ1) is 11.6. The van der Waals surface area contributed by atoms with Crippen LogP contribution in [0.5, 0.6) is 5.75 Å². The summed E-state index contributed by atoms with van der Waals surface area (Å²) >= 11 is 0. The zero-order valence-corrected chi connectivity index (χ0v) is 9.36. The van der Waals surface area contributed by atoms with E-state index < -0.39 is 0 Å². The van der Waals surface area contributed by atoms with E-state index in [9.17, 15) is 0 Å². The van der Waals surface area contributed by atoms with Crippen molar-refractivity contribution >= 4 is 6.21 Å². The van der Waals surface area contributed by atoms with E-state index in [0.29, 0.717) is 0 Å². The lowest BCUT2D eigenvalue weighted by molar-refractivity contribution is 0.307. The van der Waals surface area contributed by atoms with E-state index in [0.717, 1.165) is 36.3 Å². The zero-order chi connectivity index (χ0) is 11.1. The molecule has 0 aliphatic heterocycles. The number of hydrogen-bond acceptors (Lipinski definition) is 3. The molecule has 0 saturated carbocycles. The molecule has 0 atom stereocenters. The normalized spacial score (nSPS) is 10.8. The van der Waals surface area contributed by atoms with Gasteiger partial charge < -0.3 is 10.6 Å². The van der Waals surface area contributed by atoms with Crippen LogP contribution in [0.15, 0.2) is 23.3 Å². The Labute approximate surface area is 90.9 Å². The highest BCUT2D eigenvalue weighted by Gasteiger charge is 2.00. The van der Waals surface area contributed by atoms with Crippen LogP contribution in [0.4, 0.5) is 0 Å². The van der Waals surface area contributed by atoms with Crippen molar-refractivity contribution in [3.63, 3.8) is 0 Å². The molecular weight excluding hydrogens is 188 g/mol. The lowest BCUT2D eigenvalue weighted by Crippen LogP contribution is -1.99. The van der Waals surface area contributed by atoms with Crippen LogP contribution in [-0.4, -0.2) is 12.8 Å². The van der Waals surface area contributed by atoms with Crippen molar-refractivity contribution in [1.82, 2.24) is 0 Å². The van der Waals surface area contributed by atoms with Crippen molar-refractivity contribution in [2.75, 3.05) is 6.61 Å². The highest BCUT2D eigenvalue weighted by molar-refractivity contribution is 5.80. The molecule has 0 heterocycles. The standard InChI is InChI=1S/C12H18N2O/c1-3-4-7-15-12-8-11(9-14-13)6-5-10(12)2/h5-6,8-9H,3-4,7,13H2,1-2H3. The average molecular weight is 206 g/mol. The van der Waals surface area contributed by atoms with Crippen molar-refractivity contribution in [2.24, 2.45) is 10.9 Å². The van der Waals surface area contributed by atoms with Crippen molar-refractivity contribution in [3.8, 4) is 5.75 Å². The van der Waals surface area contributed by atoms with Gasteiger partial charge in [-0.05, 0) is 30.5 Å². The molecule has 3 nitrogen and oxygen atoms in total. The molecule has 0 amide bonds. The second-order valence-corrected chi connectivity index (χ2v) is 3.51. The number of hydrazone groups is 1. The number of benzene rings is 1. The third-order valence-corrected chi connectivity index (χ3v) is 2.19. The Morgan fingerprint density at radius 2 is 2.27 bits per heavy atom. The molecule has 0 aromatic heterocycles. The Morgan fingerprint density at radius 3 is 2.93 bits per heavy atom. The zero-order valence-electron chi connectivity index (χ0n) is 9.36. The lowest BCUT2D eigenvalue weighted by Gasteiger charge is -2.08. The van der Waals surface area contributed by atoms with Crippen LogP contribution in [0.2, 0.25) is 0 Å². The van der Waals surface area contributed by atoms with Gasteiger partial charge in [0.25, 0.3) is 0 Å². The molecule has 0 radical (unpaired) electrons. The van der Waals surface area contributed by atoms with Crippen LogP contribution in [0.3, 0.4) is 0 Å². The Kier molecular flexibility index (Phi) is 4.68. The summed E-state index contributed by atoms with van der Waals surface area (Å²) in [5.41, 5.74) is 2.11. The molecule has 3 heteroatoms. The van der Waals surface area contributed by atoms with Gasteiger partial charge in [0, 0.05) is 0 Å². The lowest BCUT2D eigenvalue weighted by atomic mass is 10.1. The molecule has 1 aromatic rings. The van der Waals surface area contributed by atoms with Gasteiger partial charge in [0.05, 0.1) is 12.8 Å². The number of nitrogens with two attached hydrogens (primary N) is 1. The van der Waals surface area contributed by atoms with Crippen molar-refractivity contribution in [2.45, 2.75) is 26.7 Å². The van der Waals surface area contributed by atoms with Gasteiger partial charge in [-0.1, -0.05) is 25.5 Å². The summed E-state index contributed by atoms with van der Waals surface area (Å²) in [7, 11) is 0. The van der Waals surface area contributed by atoms with Gasteiger partial charge in [0.15, 0.2) is 0 Å². The van der Waals surface area contributed by atoms with Gasteiger partial charge in [-0.3, -0.25) is 0 Å². The van der Waals surface area contributed by atoms with E-state index in [2.05, 4.69) is 12.0 Å². The third-order valence-electron chi connectivity index (χ3n) is 2.19. The van der Waals surface area contributed by atoms with Crippen LogP contribution in [0.25, 0.3) is 0 Å². The number of unbranched alkanes of at least 4 members (excludes halogenated alkanes) is 1. The first-order chi connectivity index (χ1) is 7.27. The summed E-state index contributed by atoms with van der Waals surface area (Å²) in [6, 6.07) is 5.94. The number of aryl methyl sites for hydroxylation is 1. The summed E-state index contributed by atoms with van der Waals surface area (Å²) in [4.78, 5) is 0. The minimum atomic E-state index is 0.764. The topological polar surface area (TPSA) is 47.6 Å². The fourth-order valence-corrected chi connectivity index (χ4v) is 1.27. The van der Waals surface area contributed by atoms with Gasteiger partial charge in [-0.15, -0.1) is 0 Å². The summed E-state index contributed by atoms with van der Waals surface area (Å²) in [6.45, 7) is 4.94. The molecule has 0 fully saturated rings. The van der Waals surface area contributed by atoms with E-state index in [1.807, 2.05) is 25.1 Å². The number of rotatable bonds is 5. The second kappa shape index (κ2) is 6.06. The van der Waals surface area contributed by atoms with Crippen molar-refractivity contribution in [3.05, 3.63) is 29.3 Å². The van der Waals surface area contributed by atoms with Crippen LogP contribution < -0.4 is 10.6 Å². The summed E-state index contributed by atoms with van der Waals surface area (Å²) in [5.74, 6) is 6.02. The van der Waals surface area contributed by atoms with Crippen molar-refractivity contribution < 1.29 is 4.74 Å². The largest absolute Gasteiger partial charge is 0.493 e. The number of ether oxygens (including phenoxy) is 1. The molecule has 0 bridgehead atoms. The Bertz CT molecular complexity index is 334. The fraction of sp³-hybridized carbons (Fsp3) is 0.417. The highest BCUT2D eigenvalue weighted by Crippen LogP contribution is 2.19. The maximum Gasteiger partial charge on any atom is 0.122 e. The molecule has 0 aliphatic rings. The smallest absolute Gasteiger partial charge is 0.122 e. The fourth-order valence-electron chi connectivity index (χ4n) is 1.27. The first-order valence-corrected chi connectivity index (χ1v) is 5.24. The molecule has 2 N–H and O–H groups in total. The predicted octanol–water partition coefficient (Wildman–Crippen LogP) is 2.47. The summed E-state index contributed by atoms with van der Waals surface area (Å²) < 4.78 is 5.66. The van der Waals surface area contributed by atoms with Gasteiger partial charge >= 0.3 is 0 Å². The van der Waals surface area contributed by atoms with Crippen LogP contribution in [0, 0.1) is 6.92 Å². The third kappa shape index (κ3) is 3.62. The highest BCUT2D eigenvalue weighted by atomic mass is 16.5. The maximum absolute atomic E-state index is 5.66. The molecule has 0 unspecified atom stereocenters. The Morgan fingerprint density at radius 1 is 1.47 bits per heavy atom. The molecule has 0 aliphatic carbocycles.